The first kappa shape index (κ1) is 19.1. The Kier molecular flexibility index (Phi) is 5.57. The van der Waals surface area contributed by atoms with E-state index in [1.807, 2.05) is 42.6 Å². The Labute approximate surface area is 169 Å². The molecule has 1 fully saturated rings. The van der Waals surface area contributed by atoms with E-state index in [0.29, 0.717) is 17.8 Å². The first-order chi connectivity index (χ1) is 14.1. The molecule has 1 aromatic carbocycles. The molecule has 0 aliphatic carbocycles. The van der Waals surface area contributed by atoms with Gasteiger partial charge in [-0.2, -0.15) is 5.10 Å². The van der Waals surface area contributed by atoms with Gasteiger partial charge in [-0.1, -0.05) is 30.3 Å². The summed E-state index contributed by atoms with van der Waals surface area (Å²) < 4.78 is 3.47. The standard InChI is InChI=1S/C22H25N5O2/c1-16-9-12-27(19-7-10-23-11-8-19)22(29)20(16)21(28)25-18-13-24-26(15-18)14-17-5-3-2-4-6-17/h2-6,9,12-13,15,19,23H,7-8,10-11,14H2,1H3,(H,25,28). The highest BCUT2D eigenvalue weighted by molar-refractivity contribution is 6.04. The monoisotopic (exact) mass is 391 g/mol. The molecule has 3 aromatic rings. The van der Waals surface area contributed by atoms with Gasteiger partial charge >= 0.3 is 0 Å². The Bertz CT molecular complexity index is 1050. The van der Waals surface area contributed by atoms with Crippen molar-refractivity contribution in [2.24, 2.45) is 0 Å². The van der Waals surface area contributed by atoms with E-state index in [1.165, 1.54) is 0 Å². The SMILES string of the molecule is Cc1ccn(C2CCNCC2)c(=O)c1C(=O)Nc1cnn(Cc2ccccc2)c1. The van der Waals surface area contributed by atoms with Crippen LogP contribution in [0.25, 0.3) is 0 Å². The molecule has 0 saturated carbocycles. The van der Waals surface area contributed by atoms with Crippen LogP contribution in [0, 0.1) is 6.92 Å². The van der Waals surface area contributed by atoms with E-state index in [-0.39, 0.29) is 17.2 Å². The Morgan fingerprint density at radius 2 is 1.97 bits per heavy atom. The van der Waals surface area contributed by atoms with Crippen LogP contribution in [0.2, 0.25) is 0 Å². The predicted molar refractivity (Wildman–Crippen MR) is 112 cm³/mol. The van der Waals surface area contributed by atoms with E-state index in [9.17, 15) is 9.59 Å². The lowest BCUT2D eigenvalue weighted by Crippen LogP contribution is -2.37. The van der Waals surface area contributed by atoms with Crippen molar-refractivity contribution in [1.29, 1.82) is 0 Å². The van der Waals surface area contributed by atoms with Crippen LogP contribution in [0.1, 0.15) is 40.4 Å². The number of aryl methyl sites for hydroxylation is 1. The fourth-order valence-electron chi connectivity index (χ4n) is 3.77. The summed E-state index contributed by atoms with van der Waals surface area (Å²) in [4.78, 5) is 25.9. The predicted octanol–water partition coefficient (Wildman–Crippen LogP) is 2.58. The van der Waals surface area contributed by atoms with Gasteiger partial charge in [0.05, 0.1) is 18.4 Å². The number of aromatic nitrogens is 3. The average Bonchev–Trinajstić information content (AvgIpc) is 3.16. The van der Waals surface area contributed by atoms with Crippen LogP contribution in [-0.4, -0.2) is 33.3 Å². The van der Waals surface area contributed by atoms with Crippen molar-refractivity contribution in [3.63, 3.8) is 0 Å². The van der Waals surface area contributed by atoms with E-state index in [1.54, 1.807) is 28.6 Å². The van der Waals surface area contributed by atoms with Gasteiger partial charge in [-0.3, -0.25) is 14.3 Å². The highest BCUT2D eigenvalue weighted by Crippen LogP contribution is 2.18. The summed E-state index contributed by atoms with van der Waals surface area (Å²) >= 11 is 0. The van der Waals surface area contributed by atoms with Gasteiger partial charge in [-0.05, 0) is 50.0 Å². The van der Waals surface area contributed by atoms with Gasteiger partial charge in [0, 0.05) is 18.4 Å². The number of piperidine rings is 1. The third kappa shape index (κ3) is 4.30. The van der Waals surface area contributed by atoms with Gasteiger partial charge in [0.2, 0.25) is 0 Å². The lowest BCUT2D eigenvalue weighted by molar-refractivity contribution is 0.102. The highest BCUT2D eigenvalue weighted by Gasteiger charge is 2.21. The molecule has 1 saturated heterocycles. The Hall–Kier alpha value is -3.19. The topological polar surface area (TPSA) is 81.0 Å². The molecule has 3 heterocycles. The minimum Gasteiger partial charge on any atom is -0.319 e. The number of rotatable bonds is 5. The summed E-state index contributed by atoms with van der Waals surface area (Å²) in [6, 6.07) is 12.0. The number of benzene rings is 1. The minimum atomic E-state index is -0.393. The number of pyridine rings is 1. The molecule has 0 spiro atoms. The van der Waals surface area contributed by atoms with Crippen molar-refractivity contribution in [1.82, 2.24) is 19.7 Å². The van der Waals surface area contributed by atoms with Gasteiger partial charge in [-0.25, -0.2) is 0 Å². The maximum atomic E-state index is 13.0. The van der Waals surface area contributed by atoms with Crippen molar-refractivity contribution in [2.45, 2.75) is 32.4 Å². The fraction of sp³-hybridized carbons (Fsp3) is 0.318. The third-order valence-corrected chi connectivity index (χ3v) is 5.34. The number of hydrogen-bond acceptors (Lipinski definition) is 4. The van der Waals surface area contributed by atoms with Crippen LogP contribution in [0.15, 0.2) is 59.8 Å². The molecule has 1 amide bonds. The molecule has 4 rings (SSSR count). The largest absolute Gasteiger partial charge is 0.319 e. The zero-order valence-corrected chi connectivity index (χ0v) is 16.5. The zero-order valence-electron chi connectivity index (χ0n) is 16.5. The fourth-order valence-corrected chi connectivity index (χ4v) is 3.77. The molecule has 2 aromatic heterocycles. The molecule has 1 aliphatic rings. The number of anilines is 1. The van der Waals surface area contributed by atoms with Crippen LogP contribution < -0.4 is 16.2 Å². The molecule has 150 valence electrons. The number of nitrogens with zero attached hydrogens (tertiary/aromatic N) is 3. The van der Waals surface area contributed by atoms with Gasteiger partial charge in [0.15, 0.2) is 0 Å². The van der Waals surface area contributed by atoms with Gasteiger partial charge in [-0.15, -0.1) is 0 Å². The molecule has 0 radical (unpaired) electrons. The zero-order chi connectivity index (χ0) is 20.2. The van der Waals surface area contributed by atoms with Gasteiger partial charge < -0.3 is 15.2 Å². The quantitative estimate of drug-likeness (QED) is 0.701. The second kappa shape index (κ2) is 8.45. The lowest BCUT2D eigenvalue weighted by Gasteiger charge is -2.25. The van der Waals surface area contributed by atoms with Crippen molar-refractivity contribution in [3.05, 3.63) is 82.0 Å². The van der Waals surface area contributed by atoms with Crippen LogP contribution >= 0.6 is 0 Å². The minimum absolute atomic E-state index is 0.129. The Morgan fingerprint density at radius 1 is 1.21 bits per heavy atom. The second-order valence-corrected chi connectivity index (χ2v) is 7.43. The van der Waals surface area contributed by atoms with Crippen LogP contribution in [0.3, 0.4) is 0 Å². The second-order valence-electron chi connectivity index (χ2n) is 7.43. The number of carbonyl (C=O) groups excluding carboxylic acids is 1. The summed E-state index contributed by atoms with van der Waals surface area (Å²) in [6.07, 6.45) is 6.95. The Morgan fingerprint density at radius 3 is 2.72 bits per heavy atom. The Balaban J connectivity index is 1.52. The van der Waals surface area contributed by atoms with Crippen molar-refractivity contribution in [2.75, 3.05) is 18.4 Å². The van der Waals surface area contributed by atoms with Gasteiger partial charge in [0.1, 0.15) is 5.56 Å². The van der Waals surface area contributed by atoms with Gasteiger partial charge in [0.25, 0.3) is 11.5 Å². The van der Waals surface area contributed by atoms with Crippen LogP contribution in [0.5, 0.6) is 0 Å². The molecule has 2 N–H and O–H groups in total. The van der Waals surface area contributed by atoms with E-state index >= 15 is 0 Å². The lowest BCUT2D eigenvalue weighted by atomic mass is 10.0. The van der Waals surface area contributed by atoms with E-state index in [0.717, 1.165) is 31.5 Å². The molecule has 7 nitrogen and oxygen atoms in total. The number of carbonyl (C=O) groups is 1. The molecule has 29 heavy (non-hydrogen) atoms. The summed E-state index contributed by atoms with van der Waals surface area (Å²) in [5.41, 5.74) is 2.33. The normalized spacial score (nSPS) is 14.7. The summed E-state index contributed by atoms with van der Waals surface area (Å²) in [7, 11) is 0. The number of hydrogen-bond donors (Lipinski definition) is 2. The molecule has 0 unspecified atom stereocenters. The van der Waals surface area contributed by atoms with E-state index in [2.05, 4.69) is 15.7 Å². The number of amides is 1. The molecule has 0 bridgehead atoms. The first-order valence-corrected chi connectivity index (χ1v) is 9.92. The summed E-state index contributed by atoms with van der Waals surface area (Å²) in [5.74, 6) is -0.393. The van der Waals surface area contributed by atoms with Crippen LogP contribution in [0.4, 0.5) is 5.69 Å². The first-order valence-electron chi connectivity index (χ1n) is 9.92. The van der Waals surface area contributed by atoms with Crippen LogP contribution in [-0.2, 0) is 6.54 Å². The maximum absolute atomic E-state index is 13.0. The third-order valence-electron chi connectivity index (χ3n) is 5.34. The average molecular weight is 391 g/mol. The molecule has 7 heteroatoms. The van der Waals surface area contributed by atoms with Crippen molar-refractivity contribution < 1.29 is 4.79 Å². The van der Waals surface area contributed by atoms with Crippen molar-refractivity contribution in [3.8, 4) is 0 Å². The molecule has 1 aliphatic heterocycles. The summed E-state index contributed by atoms with van der Waals surface area (Å²) in [5, 5.41) is 10.4. The van der Waals surface area contributed by atoms with Crippen molar-refractivity contribution >= 4 is 11.6 Å². The molecular formula is C22H25N5O2. The number of nitrogens with one attached hydrogen (secondary N) is 2. The van der Waals surface area contributed by atoms with E-state index < -0.39 is 5.91 Å². The smallest absolute Gasteiger partial charge is 0.263 e. The molecule has 0 atom stereocenters. The molecular weight excluding hydrogens is 366 g/mol. The van der Waals surface area contributed by atoms with E-state index in [4.69, 9.17) is 0 Å². The summed E-state index contributed by atoms with van der Waals surface area (Å²) in [6.45, 7) is 4.17. The highest BCUT2D eigenvalue weighted by atomic mass is 16.2. The maximum Gasteiger partial charge on any atom is 0.263 e.